The van der Waals surface area contributed by atoms with E-state index in [0.717, 1.165) is 30.0 Å². The number of hydrogen-bond acceptors (Lipinski definition) is 1. The number of nitrogens with two attached hydrogens (primary N) is 1. The fourth-order valence-electron chi connectivity index (χ4n) is 2.87. The van der Waals surface area contributed by atoms with Crippen molar-refractivity contribution in [2.24, 2.45) is 11.7 Å². The smallest absolute Gasteiger partial charge is 0.0503 e. The lowest BCUT2D eigenvalue weighted by atomic mass is 9.86. The Kier molecular flexibility index (Phi) is 2.64. The molecule has 0 amide bonds. The van der Waals surface area contributed by atoms with Crippen molar-refractivity contribution in [3.05, 3.63) is 34.0 Å². The molecule has 0 bridgehead atoms. The van der Waals surface area contributed by atoms with E-state index in [1.165, 1.54) is 28.6 Å². The van der Waals surface area contributed by atoms with Crippen LogP contribution in [0.2, 0.25) is 5.02 Å². The summed E-state index contributed by atoms with van der Waals surface area (Å²) in [5.74, 6) is 0.637. The zero-order valence-electron chi connectivity index (χ0n) is 10.0. The summed E-state index contributed by atoms with van der Waals surface area (Å²) >= 11 is 6.17. The first-order valence-corrected chi connectivity index (χ1v) is 6.57. The number of rotatable bonds is 1. The van der Waals surface area contributed by atoms with Crippen LogP contribution in [0.15, 0.2) is 12.1 Å². The Morgan fingerprint density at radius 1 is 1.47 bits per heavy atom. The van der Waals surface area contributed by atoms with Gasteiger partial charge in [-0.15, -0.1) is 0 Å². The Hall–Kier alpha value is -0.990. The van der Waals surface area contributed by atoms with Gasteiger partial charge in [-0.3, -0.25) is 0 Å². The lowest BCUT2D eigenvalue weighted by Gasteiger charge is -2.20. The third-order valence-electron chi connectivity index (χ3n) is 3.99. The summed E-state index contributed by atoms with van der Waals surface area (Å²) in [5.41, 5.74) is 11.0. The minimum absolute atomic E-state index is 0.637. The van der Waals surface area contributed by atoms with E-state index in [1.807, 2.05) is 6.07 Å². The van der Waals surface area contributed by atoms with Gasteiger partial charge in [-0.1, -0.05) is 17.7 Å². The van der Waals surface area contributed by atoms with Crippen LogP contribution in [0, 0.1) is 12.8 Å². The van der Waals surface area contributed by atoms with E-state index in [4.69, 9.17) is 17.3 Å². The number of aryl methyl sites for hydroxylation is 2. The summed E-state index contributed by atoms with van der Waals surface area (Å²) in [5, 5.41) is 2.17. The van der Waals surface area contributed by atoms with Crippen LogP contribution in [-0.2, 0) is 12.8 Å². The fraction of sp³-hybridized carbons (Fsp3) is 0.429. The first-order chi connectivity index (χ1) is 8.20. The molecule has 0 saturated carbocycles. The molecule has 1 aromatic heterocycles. The van der Waals surface area contributed by atoms with E-state index < -0.39 is 0 Å². The van der Waals surface area contributed by atoms with Crippen molar-refractivity contribution in [1.29, 1.82) is 0 Å². The molecule has 1 unspecified atom stereocenters. The standard InChI is InChI=1S/C14H17ClN2/c1-8-12(15)4-3-10-11-6-9(7-16)2-5-13(11)17-14(8)10/h3-4,9,17H,2,5-7,16H2,1H3. The summed E-state index contributed by atoms with van der Waals surface area (Å²) in [6.07, 6.45) is 3.42. The summed E-state index contributed by atoms with van der Waals surface area (Å²) in [7, 11) is 0. The van der Waals surface area contributed by atoms with Gasteiger partial charge >= 0.3 is 0 Å². The molecule has 17 heavy (non-hydrogen) atoms. The Bertz CT molecular complexity index is 571. The van der Waals surface area contributed by atoms with Gasteiger partial charge in [-0.25, -0.2) is 0 Å². The van der Waals surface area contributed by atoms with Crippen molar-refractivity contribution in [3.63, 3.8) is 0 Å². The zero-order valence-corrected chi connectivity index (χ0v) is 10.8. The minimum atomic E-state index is 0.637. The first kappa shape index (κ1) is 11.1. The van der Waals surface area contributed by atoms with Gasteiger partial charge in [0, 0.05) is 16.1 Å². The molecule has 0 aliphatic heterocycles. The summed E-state index contributed by atoms with van der Waals surface area (Å²) in [4.78, 5) is 3.54. The Balaban J connectivity index is 2.19. The quantitative estimate of drug-likeness (QED) is 0.800. The molecule has 0 saturated heterocycles. The van der Waals surface area contributed by atoms with Crippen LogP contribution in [-0.4, -0.2) is 11.5 Å². The molecule has 3 rings (SSSR count). The topological polar surface area (TPSA) is 41.8 Å². The van der Waals surface area contributed by atoms with E-state index in [-0.39, 0.29) is 0 Å². The van der Waals surface area contributed by atoms with Crippen LogP contribution in [0.25, 0.3) is 10.9 Å². The molecule has 3 N–H and O–H groups in total. The lowest BCUT2D eigenvalue weighted by Crippen LogP contribution is -2.21. The van der Waals surface area contributed by atoms with Crippen LogP contribution in [0.3, 0.4) is 0 Å². The van der Waals surface area contributed by atoms with Crippen LogP contribution in [0.4, 0.5) is 0 Å². The monoisotopic (exact) mass is 248 g/mol. The van der Waals surface area contributed by atoms with Crippen molar-refractivity contribution in [2.75, 3.05) is 6.54 Å². The molecule has 90 valence electrons. The number of halogens is 1. The van der Waals surface area contributed by atoms with Gasteiger partial charge in [-0.05, 0) is 55.8 Å². The predicted octanol–water partition coefficient (Wildman–Crippen LogP) is 3.19. The van der Waals surface area contributed by atoms with Gasteiger partial charge < -0.3 is 10.7 Å². The van der Waals surface area contributed by atoms with Gasteiger partial charge in [0.2, 0.25) is 0 Å². The highest BCUT2D eigenvalue weighted by Crippen LogP contribution is 2.34. The molecule has 1 atom stereocenters. The number of benzene rings is 1. The van der Waals surface area contributed by atoms with E-state index in [9.17, 15) is 0 Å². The number of nitrogens with one attached hydrogen (secondary N) is 1. The lowest BCUT2D eigenvalue weighted by molar-refractivity contribution is 0.468. The van der Waals surface area contributed by atoms with E-state index >= 15 is 0 Å². The van der Waals surface area contributed by atoms with E-state index in [1.54, 1.807) is 0 Å². The summed E-state index contributed by atoms with van der Waals surface area (Å²) in [6, 6.07) is 4.14. The van der Waals surface area contributed by atoms with Crippen molar-refractivity contribution in [1.82, 2.24) is 4.98 Å². The fourth-order valence-corrected chi connectivity index (χ4v) is 3.03. The second-order valence-corrected chi connectivity index (χ2v) is 5.43. The Labute approximate surface area is 106 Å². The predicted molar refractivity (Wildman–Crippen MR) is 72.6 cm³/mol. The zero-order chi connectivity index (χ0) is 12.0. The SMILES string of the molecule is Cc1c(Cl)ccc2c3c([nH]c12)CCC(CN)C3. The first-order valence-electron chi connectivity index (χ1n) is 6.19. The average molecular weight is 249 g/mol. The highest BCUT2D eigenvalue weighted by molar-refractivity contribution is 6.32. The molecular weight excluding hydrogens is 232 g/mol. The van der Waals surface area contributed by atoms with Gasteiger partial charge in [0.15, 0.2) is 0 Å². The Morgan fingerprint density at radius 2 is 2.29 bits per heavy atom. The second-order valence-electron chi connectivity index (χ2n) is 5.02. The molecule has 3 heteroatoms. The molecule has 0 fully saturated rings. The van der Waals surface area contributed by atoms with Crippen molar-refractivity contribution < 1.29 is 0 Å². The minimum Gasteiger partial charge on any atom is -0.358 e. The molecule has 2 nitrogen and oxygen atoms in total. The average Bonchev–Trinajstić information content (AvgIpc) is 2.72. The molecule has 1 aliphatic carbocycles. The molecule has 0 spiro atoms. The van der Waals surface area contributed by atoms with Crippen LogP contribution in [0.1, 0.15) is 23.2 Å². The Morgan fingerprint density at radius 3 is 3.06 bits per heavy atom. The van der Waals surface area contributed by atoms with Gasteiger partial charge in [-0.2, -0.15) is 0 Å². The highest BCUT2D eigenvalue weighted by Gasteiger charge is 2.22. The van der Waals surface area contributed by atoms with Crippen LogP contribution in [0.5, 0.6) is 0 Å². The molecule has 1 aliphatic rings. The summed E-state index contributed by atoms with van der Waals surface area (Å²) in [6.45, 7) is 2.87. The van der Waals surface area contributed by atoms with Crippen LogP contribution < -0.4 is 5.73 Å². The van der Waals surface area contributed by atoms with Gasteiger partial charge in [0.05, 0.1) is 5.52 Å². The van der Waals surface area contributed by atoms with Crippen molar-refractivity contribution in [2.45, 2.75) is 26.2 Å². The number of aromatic amines is 1. The van der Waals surface area contributed by atoms with Gasteiger partial charge in [0.1, 0.15) is 0 Å². The van der Waals surface area contributed by atoms with Crippen LogP contribution >= 0.6 is 11.6 Å². The highest BCUT2D eigenvalue weighted by atomic mass is 35.5. The molecule has 1 aromatic carbocycles. The van der Waals surface area contributed by atoms with E-state index in [2.05, 4.69) is 18.0 Å². The third-order valence-corrected chi connectivity index (χ3v) is 4.40. The van der Waals surface area contributed by atoms with Gasteiger partial charge in [0.25, 0.3) is 0 Å². The summed E-state index contributed by atoms with van der Waals surface area (Å²) < 4.78 is 0. The maximum absolute atomic E-state index is 6.17. The molecule has 0 radical (unpaired) electrons. The third kappa shape index (κ3) is 1.67. The number of fused-ring (bicyclic) bond motifs is 3. The normalized spacial score (nSPS) is 19.6. The number of aromatic nitrogens is 1. The van der Waals surface area contributed by atoms with Crippen molar-refractivity contribution in [3.8, 4) is 0 Å². The molecule has 2 aromatic rings. The van der Waals surface area contributed by atoms with E-state index in [0.29, 0.717) is 5.92 Å². The largest absolute Gasteiger partial charge is 0.358 e. The maximum Gasteiger partial charge on any atom is 0.0503 e. The second kappa shape index (κ2) is 4.04. The number of H-pyrrole nitrogens is 1. The molecule has 1 heterocycles. The number of hydrogen-bond donors (Lipinski definition) is 2. The molecular formula is C14H17ClN2. The van der Waals surface area contributed by atoms with Crippen molar-refractivity contribution >= 4 is 22.5 Å². The maximum atomic E-state index is 6.17.